The van der Waals surface area contributed by atoms with E-state index in [0.717, 1.165) is 0 Å². The van der Waals surface area contributed by atoms with Gasteiger partial charge >= 0.3 is 5.69 Å². The van der Waals surface area contributed by atoms with E-state index in [4.69, 9.17) is 5.73 Å². The molecule has 2 N–H and O–H groups in total. The van der Waals surface area contributed by atoms with Crippen LogP contribution in [0.5, 0.6) is 0 Å². The third-order valence-corrected chi connectivity index (χ3v) is 2.99. The average Bonchev–Trinajstić information content (AvgIpc) is 2.79. The normalized spacial score (nSPS) is 11.3. The lowest BCUT2D eigenvalue weighted by Gasteiger charge is -2.09. The number of rotatable bonds is 4. The van der Waals surface area contributed by atoms with E-state index in [1.165, 1.54) is 9.13 Å². The first kappa shape index (κ1) is 12.6. The Kier molecular flexibility index (Phi) is 3.33. The Hall–Kier alpha value is -1.89. The van der Waals surface area contributed by atoms with Crippen molar-refractivity contribution in [2.24, 2.45) is 5.73 Å². The highest BCUT2D eigenvalue weighted by atomic mass is 16.2. The van der Waals surface area contributed by atoms with Gasteiger partial charge in [-0.2, -0.15) is 0 Å². The summed E-state index contributed by atoms with van der Waals surface area (Å²) in [5.74, 6) is 0. The van der Waals surface area contributed by atoms with Gasteiger partial charge in [-0.15, -0.1) is 0 Å². The van der Waals surface area contributed by atoms with E-state index in [9.17, 15) is 9.59 Å². The second-order valence-corrected chi connectivity index (χ2v) is 3.98. The van der Waals surface area contributed by atoms with Crippen LogP contribution in [0, 0.1) is 0 Å². The van der Waals surface area contributed by atoms with Gasteiger partial charge in [0, 0.05) is 26.2 Å². The molecule has 0 amide bonds. The number of aromatic nitrogens is 4. The molecule has 0 unspecified atom stereocenters. The highest BCUT2D eigenvalue weighted by Crippen LogP contribution is 2.06. The molecule has 0 saturated heterocycles. The largest absolute Gasteiger partial charge is 0.332 e. The van der Waals surface area contributed by atoms with Crippen molar-refractivity contribution in [3.63, 3.8) is 0 Å². The van der Waals surface area contributed by atoms with E-state index in [0.29, 0.717) is 24.3 Å². The Morgan fingerprint density at radius 2 is 1.94 bits per heavy atom. The van der Waals surface area contributed by atoms with E-state index in [1.54, 1.807) is 10.9 Å². The van der Waals surface area contributed by atoms with Gasteiger partial charge in [-0.1, -0.05) is 0 Å². The number of aryl methyl sites for hydroxylation is 2. The van der Waals surface area contributed by atoms with Crippen molar-refractivity contribution in [2.45, 2.75) is 33.5 Å². The molecule has 18 heavy (non-hydrogen) atoms. The minimum atomic E-state index is -0.346. The van der Waals surface area contributed by atoms with Crippen LogP contribution in [-0.2, 0) is 19.6 Å². The van der Waals surface area contributed by atoms with Crippen LogP contribution >= 0.6 is 0 Å². The predicted molar refractivity (Wildman–Crippen MR) is 68.7 cm³/mol. The van der Waals surface area contributed by atoms with Crippen molar-refractivity contribution in [1.82, 2.24) is 18.7 Å². The zero-order chi connectivity index (χ0) is 13.3. The first-order valence-electron chi connectivity index (χ1n) is 6.04. The molecule has 0 atom stereocenters. The molecule has 0 fully saturated rings. The van der Waals surface area contributed by atoms with Gasteiger partial charge in [-0.25, -0.2) is 9.78 Å². The second kappa shape index (κ2) is 4.77. The van der Waals surface area contributed by atoms with Crippen LogP contribution < -0.4 is 17.0 Å². The highest BCUT2D eigenvalue weighted by Gasteiger charge is 2.15. The van der Waals surface area contributed by atoms with E-state index in [-0.39, 0.29) is 24.3 Å². The average molecular weight is 251 g/mol. The number of nitrogens with zero attached hydrogens (tertiary/aromatic N) is 4. The monoisotopic (exact) mass is 251 g/mol. The molecule has 0 saturated carbocycles. The first-order valence-corrected chi connectivity index (χ1v) is 6.04. The van der Waals surface area contributed by atoms with Crippen LogP contribution in [0.2, 0.25) is 0 Å². The van der Waals surface area contributed by atoms with E-state index < -0.39 is 0 Å². The van der Waals surface area contributed by atoms with Crippen molar-refractivity contribution >= 4 is 11.2 Å². The topological polar surface area (TPSA) is 87.8 Å². The maximum absolute atomic E-state index is 12.3. The van der Waals surface area contributed by atoms with Gasteiger partial charge in [0.15, 0.2) is 11.2 Å². The number of nitrogens with two attached hydrogens (primary N) is 1. The van der Waals surface area contributed by atoms with Crippen LogP contribution in [0.4, 0.5) is 0 Å². The van der Waals surface area contributed by atoms with E-state index in [2.05, 4.69) is 4.98 Å². The van der Waals surface area contributed by atoms with Gasteiger partial charge in [0.25, 0.3) is 5.56 Å². The van der Waals surface area contributed by atoms with Gasteiger partial charge in [0.2, 0.25) is 0 Å². The second-order valence-electron chi connectivity index (χ2n) is 3.98. The Morgan fingerprint density at radius 1 is 1.22 bits per heavy atom. The molecule has 0 spiro atoms. The summed E-state index contributed by atoms with van der Waals surface area (Å²) in [6, 6.07) is 0. The Labute approximate surface area is 103 Å². The lowest BCUT2D eigenvalue weighted by atomic mass is 10.4. The maximum atomic E-state index is 12.3. The molecular weight excluding hydrogens is 234 g/mol. The van der Waals surface area contributed by atoms with Crippen LogP contribution in [0.15, 0.2) is 15.9 Å². The van der Waals surface area contributed by atoms with Gasteiger partial charge in [0.05, 0.1) is 6.33 Å². The number of imidazole rings is 1. The molecule has 0 aliphatic rings. The summed E-state index contributed by atoms with van der Waals surface area (Å²) in [6.45, 7) is 5.36. The molecular formula is C11H17N5O2. The molecule has 0 aromatic carbocycles. The fourth-order valence-electron chi connectivity index (χ4n) is 2.09. The van der Waals surface area contributed by atoms with Crippen molar-refractivity contribution in [3.05, 3.63) is 27.2 Å². The van der Waals surface area contributed by atoms with Crippen LogP contribution in [0.1, 0.15) is 13.8 Å². The molecule has 7 heteroatoms. The molecule has 2 aromatic rings. The minimum Gasteiger partial charge on any atom is -0.329 e. The summed E-state index contributed by atoms with van der Waals surface area (Å²) in [7, 11) is 0. The Bertz CT molecular complexity index is 679. The summed E-state index contributed by atoms with van der Waals surface area (Å²) in [4.78, 5) is 28.6. The molecule has 7 nitrogen and oxygen atoms in total. The predicted octanol–water partition coefficient (Wildman–Crippen LogP) is -0.642. The smallest absolute Gasteiger partial charge is 0.329 e. The Balaban J connectivity index is 2.94. The molecule has 98 valence electrons. The van der Waals surface area contributed by atoms with Crippen molar-refractivity contribution in [2.75, 3.05) is 6.54 Å². The fraction of sp³-hybridized carbons (Fsp3) is 0.545. The fourth-order valence-corrected chi connectivity index (χ4v) is 2.09. The summed E-state index contributed by atoms with van der Waals surface area (Å²) in [5, 5.41) is 0. The quantitative estimate of drug-likeness (QED) is 0.782. The Morgan fingerprint density at radius 3 is 2.50 bits per heavy atom. The van der Waals surface area contributed by atoms with Gasteiger partial charge in [-0.05, 0) is 13.8 Å². The lowest BCUT2D eigenvalue weighted by molar-refractivity contribution is 0.584. The molecule has 2 aromatic heterocycles. The zero-order valence-electron chi connectivity index (χ0n) is 10.6. The van der Waals surface area contributed by atoms with Crippen molar-refractivity contribution in [3.8, 4) is 0 Å². The lowest BCUT2D eigenvalue weighted by Crippen LogP contribution is -2.41. The van der Waals surface area contributed by atoms with Crippen LogP contribution in [0.25, 0.3) is 11.2 Å². The first-order chi connectivity index (χ1) is 8.65. The molecule has 2 rings (SSSR count). The molecule has 2 heterocycles. The van der Waals surface area contributed by atoms with Crippen LogP contribution in [-0.4, -0.2) is 25.2 Å². The number of fused-ring (bicyclic) bond motifs is 1. The molecule has 0 aliphatic heterocycles. The summed E-state index contributed by atoms with van der Waals surface area (Å²) in [6.07, 6.45) is 1.59. The molecule has 0 aliphatic carbocycles. The standard InChI is InChI=1S/C11H17N5O2/c1-3-14-7-13-9-8(14)10(17)16(6-5-12)11(18)15(9)4-2/h7H,3-6,12H2,1-2H3. The third-order valence-electron chi connectivity index (χ3n) is 2.99. The van der Waals surface area contributed by atoms with Crippen LogP contribution in [0.3, 0.4) is 0 Å². The van der Waals surface area contributed by atoms with Gasteiger partial charge in [-0.3, -0.25) is 13.9 Å². The molecule has 0 radical (unpaired) electrons. The zero-order valence-corrected chi connectivity index (χ0v) is 10.6. The van der Waals surface area contributed by atoms with Gasteiger partial charge < -0.3 is 10.3 Å². The van der Waals surface area contributed by atoms with E-state index >= 15 is 0 Å². The number of hydrogen-bond acceptors (Lipinski definition) is 4. The highest BCUT2D eigenvalue weighted by molar-refractivity contribution is 5.70. The number of hydrogen-bond donors (Lipinski definition) is 1. The summed E-state index contributed by atoms with van der Waals surface area (Å²) in [5.41, 5.74) is 5.70. The summed E-state index contributed by atoms with van der Waals surface area (Å²) < 4.78 is 4.43. The minimum absolute atomic E-state index is 0.225. The van der Waals surface area contributed by atoms with Crippen molar-refractivity contribution in [1.29, 1.82) is 0 Å². The third kappa shape index (κ3) is 1.67. The summed E-state index contributed by atoms with van der Waals surface area (Å²) >= 11 is 0. The van der Waals surface area contributed by atoms with Crippen molar-refractivity contribution < 1.29 is 0 Å². The maximum Gasteiger partial charge on any atom is 0.332 e. The van der Waals surface area contributed by atoms with E-state index in [1.807, 2.05) is 13.8 Å². The SMILES string of the molecule is CCn1cnc2c1c(=O)n(CCN)c(=O)n2CC. The molecule has 0 bridgehead atoms. The van der Waals surface area contributed by atoms with Gasteiger partial charge in [0.1, 0.15) is 0 Å².